The van der Waals surface area contributed by atoms with Crippen LogP contribution in [0.2, 0.25) is 0 Å². The van der Waals surface area contributed by atoms with Gasteiger partial charge in [0, 0.05) is 19.1 Å². The Morgan fingerprint density at radius 2 is 2.00 bits per heavy atom. The van der Waals surface area contributed by atoms with E-state index < -0.39 is 44.7 Å². The minimum atomic E-state index is -1.56. The third-order valence-corrected chi connectivity index (χ3v) is 2.73. The molecule has 2 aromatic rings. The number of nitro benzene ring substituents is 1. The number of carbonyl (C=O) groups excluding carboxylic acids is 1. The Balaban J connectivity index is 3.07. The Morgan fingerprint density at radius 3 is 2.50 bits per heavy atom. The molecule has 0 saturated heterocycles. The van der Waals surface area contributed by atoms with Gasteiger partial charge in [0.25, 0.3) is 0 Å². The maximum absolute atomic E-state index is 12.0. The zero-order valence-electron chi connectivity index (χ0n) is 11.4. The molecule has 0 aliphatic heterocycles. The average Bonchev–Trinajstić information content (AvgIpc) is 2.36. The summed E-state index contributed by atoms with van der Waals surface area (Å²) in [4.78, 5) is 44.6. The molecule has 0 bridgehead atoms. The van der Waals surface area contributed by atoms with Crippen LogP contribution in [-0.4, -0.2) is 22.0 Å². The minimum absolute atomic E-state index is 0.156. The number of aryl methyl sites for hydroxylation is 1. The summed E-state index contributed by atoms with van der Waals surface area (Å²) in [6.07, 6.45) is 0. The van der Waals surface area contributed by atoms with Crippen molar-refractivity contribution in [3.8, 4) is 5.75 Å². The van der Waals surface area contributed by atoms with Crippen molar-refractivity contribution in [3.05, 3.63) is 43.8 Å². The van der Waals surface area contributed by atoms with Gasteiger partial charge in [-0.2, -0.15) is 0 Å². The average molecular weight is 307 g/mol. The summed E-state index contributed by atoms with van der Waals surface area (Å²) in [5.41, 5.74) is -2.58. The van der Waals surface area contributed by atoms with E-state index in [9.17, 15) is 24.5 Å². The molecule has 1 heterocycles. The lowest BCUT2D eigenvalue weighted by Crippen LogP contribution is -2.13. The highest BCUT2D eigenvalue weighted by Crippen LogP contribution is 2.37. The van der Waals surface area contributed by atoms with E-state index in [0.717, 1.165) is 19.1 Å². The van der Waals surface area contributed by atoms with Gasteiger partial charge in [0.1, 0.15) is 22.3 Å². The van der Waals surface area contributed by atoms with Crippen LogP contribution in [0, 0.1) is 17.0 Å². The number of benzene rings is 1. The molecule has 0 saturated carbocycles. The number of aromatic carboxylic acids is 1. The summed E-state index contributed by atoms with van der Waals surface area (Å²) in [7, 11) is 0. The number of carbonyl (C=O) groups is 2. The van der Waals surface area contributed by atoms with Gasteiger partial charge in [-0.3, -0.25) is 19.7 Å². The van der Waals surface area contributed by atoms with Gasteiger partial charge in [-0.1, -0.05) is 0 Å². The van der Waals surface area contributed by atoms with Gasteiger partial charge in [-0.25, -0.2) is 4.79 Å². The molecule has 0 amide bonds. The molecule has 0 radical (unpaired) electrons. The van der Waals surface area contributed by atoms with Crippen molar-refractivity contribution in [3.63, 3.8) is 0 Å². The Kier molecular flexibility index (Phi) is 3.64. The number of ether oxygens (including phenoxy) is 1. The molecule has 0 aliphatic rings. The Bertz CT molecular complexity index is 880. The zero-order valence-corrected chi connectivity index (χ0v) is 11.4. The maximum atomic E-state index is 12.0. The second-order valence-electron chi connectivity index (χ2n) is 4.35. The van der Waals surface area contributed by atoms with Crippen LogP contribution in [0.1, 0.15) is 23.0 Å². The quantitative estimate of drug-likeness (QED) is 0.391. The summed E-state index contributed by atoms with van der Waals surface area (Å²) in [5.74, 6) is -3.16. The molecular weight excluding hydrogens is 298 g/mol. The van der Waals surface area contributed by atoms with Gasteiger partial charge in [0.05, 0.1) is 4.92 Å². The third-order valence-electron chi connectivity index (χ3n) is 2.73. The van der Waals surface area contributed by atoms with Crippen molar-refractivity contribution >= 4 is 28.6 Å². The predicted molar refractivity (Wildman–Crippen MR) is 72.1 cm³/mol. The number of hydrogen-bond acceptors (Lipinski definition) is 7. The number of nitro groups is 1. The van der Waals surface area contributed by atoms with Crippen molar-refractivity contribution in [2.24, 2.45) is 0 Å². The van der Waals surface area contributed by atoms with Crippen LogP contribution in [0.4, 0.5) is 5.69 Å². The summed E-state index contributed by atoms with van der Waals surface area (Å²) in [6, 6.07) is 1.94. The molecule has 0 spiro atoms. The second-order valence-corrected chi connectivity index (χ2v) is 4.35. The molecule has 0 atom stereocenters. The Morgan fingerprint density at radius 1 is 1.36 bits per heavy atom. The normalized spacial score (nSPS) is 10.5. The topological polar surface area (TPSA) is 137 Å². The minimum Gasteiger partial charge on any atom is -0.478 e. The Labute approximate surface area is 121 Å². The number of nitrogens with zero attached hydrogens (tertiary/aromatic N) is 1. The van der Waals surface area contributed by atoms with Gasteiger partial charge in [0.15, 0.2) is 5.43 Å². The van der Waals surface area contributed by atoms with Crippen LogP contribution < -0.4 is 10.2 Å². The number of carboxylic acids is 1. The molecule has 9 heteroatoms. The third kappa shape index (κ3) is 2.51. The van der Waals surface area contributed by atoms with Crippen LogP contribution in [-0.2, 0) is 4.79 Å². The maximum Gasteiger partial charge on any atom is 0.339 e. The first kappa shape index (κ1) is 15.2. The van der Waals surface area contributed by atoms with Crippen LogP contribution >= 0.6 is 0 Å². The van der Waals surface area contributed by atoms with Gasteiger partial charge in [0.2, 0.25) is 5.75 Å². The highest BCUT2D eigenvalue weighted by molar-refractivity contribution is 6.02. The lowest BCUT2D eigenvalue weighted by atomic mass is 10.1. The van der Waals surface area contributed by atoms with Gasteiger partial charge in [-0.05, 0) is 6.92 Å². The zero-order chi connectivity index (χ0) is 16.6. The molecule has 1 aromatic carbocycles. The number of fused-ring (bicyclic) bond motifs is 1. The first-order chi connectivity index (χ1) is 10.2. The van der Waals surface area contributed by atoms with Crippen LogP contribution in [0.15, 0.2) is 21.3 Å². The number of hydrogen-bond donors (Lipinski definition) is 1. The fraction of sp³-hybridized carbons (Fsp3) is 0.154. The number of rotatable bonds is 3. The van der Waals surface area contributed by atoms with Crippen LogP contribution in [0.5, 0.6) is 5.75 Å². The van der Waals surface area contributed by atoms with E-state index in [4.69, 9.17) is 9.52 Å². The van der Waals surface area contributed by atoms with Crippen molar-refractivity contribution in [1.29, 1.82) is 0 Å². The smallest absolute Gasteiger partial charge is 0.339 e. The van der Waals surface area contributed by atoms with Crippen molar-refractivity contribution in [1.82, 2.24) is 0 Å². The molecule has 2 rings (SSSR count). The van der Waals surface area contributed by atoms with Gasteiger partial charge in [-0.15, -0.1) is 0 Å². The molecule has 0 aliphatic carbocycles. The fourth-order valence-corrected chi connectivity index (χ4v) is 1.99. The van der Waals surface area contributed by atoms with Gasteiger partial charge < -0.3 is 14.3 Å². The van der Waals surface area contributed by atoms with E-state index in [1.54, 1.807) is 0 Å². The van der Waals surface area contributed by atoms with E-state index in [0.29, 0.717) is 0 Å². The lowest BCUT2D eigenvalue weighted by molar-refractivity contribution is -0.383. The molecule has 114 valence electrons. The molecule has 0 fully saturated rings. The monoisotopic (exact) mass is 307 g/mol. The fourth-order valence-electron chi connectivity index (χ4n) is 1.99. The van der Waals surface area contributed by atoms with E-state index >= 15 is 0 Å². The highest BCUT2D eigenvalue weighted by Gasteiger charge is 2.31. The van der Waals surface area contributed by atoms with Crippen LogP contribution in [0.3, 0.4) is 0 Å². The highest BCUT2D eigenvalue weighted by atomic mass is 16.6. The largest absolute Gasteiger partial charge is 0.478 e. The van der Waals surface area contributed by atoms with E-state index in [2.05, 4.69) is 4.74 Å². The summed E-state index contributed by atoms with van der Waals surface area (Å²) in [6.45, 7) is 2.39. The van der Waals surface area contributed by atoms with Gasteiger partial charge >= 0.3 is 17.6 Å². The number of carboxylic acid groups (broad SMARTS) is 1. The van der Waals surface area contributed by atoms with Crippen LogP contribution in [0.25, 0.3) is 11.0 Å². The molecular formula is C13H9NO8. The summed E-state index contributed by atoms with van der Waals surface area (Å²) in [5, 5.41) is 20.0. The first-order valence-corrected chi connectivity index (χ1v) is 5.90. The Hall–Kier alpha value is -3.23. The summed E-state index contributed by atoms with van der Waals surface area (Å²) < 4.78 is 9.83. The predicted octanol–water partition coefficient (Wildman–Crippen LogP) is 1.63. The standard InChI is InChI=1S/C13H9NO8/c1-5-3-8(16)10-9(21-5)4-7(13(17)18)12(22-6(2)15)11(10)14(19)20/h3-4H,1-2H3,(H,17,18). The van der Waals surface area contributed by atoms with Crippen molar-refractivity contribution in [2.45, 2.75) is 13.8 Å². The van der Waals surface area contributed by atoms with Crippen molar-refractivity contribution < 1.29 is 28.8 Å². The molecule has 22 heavy (non-hydrogen) atoms. The molecule has 1 N–H and O–H groups in total. The van der Waals surface area contributed by atoms with E-state index in [1.165, 1.54) is 6.92 Å². The number of esters is 1. The van der Waals surface area contributed by atoms with Crippen molar-refractivity contribution in [2.75, 3.05) is 0 Å². The van der Waals surface area contributed by atoms with E-state index in [1.807, 2.05) is 0 Å². The molecule has 0 unspecified atom stereocenters. The van der Waals surface area contributed by atoms with E-state index in [-0.39, 0.29) is 11.3 Å². The first-order valence-electron chi connectivity index (χ1n) is 5.90. The SMILES string of the molecule is CC(=O)Oc1c(C(=O)O)cc2oc(C)cc(=O)c2c1[N+](=O)[O-]. The molecule has 1 aromatic heterocycles. The lowest BCUT2D eigenvalue weighted by Gasteiger charge is -2.09. The second kappa shape index (κ2) is 5.28. The molecule has 9 nitrogen and oxygen atoms in total. The summed E-state index contributed by atoms with van der Waals surface area (Å²) >= 11 is 0.